The molecule has 1 rings (SSSR count). The van der Waals surface area contributed by atoms with E-state index >= 15 is 0 Å². The SMILES string of the molecule is CNC(=O)NC(=O)[C@@H](C)n1cc([N+](=O)[O-])ccc1=O. The van der Waals surface area contributed by atoms with Crippen LogP contribution in [0.3, 0.4) is 0 Å². The first kappa shape index (κ1) is 14.4. The zero-order valence-corrected chi connectivity index (χ0v) is 10.2. The number of nitrogens with one attached hydrogen (secondary N) is 2. The number of urea groups is 1. The molecule has 0 aromatic carbocycles. The second kappa shape index (κ2) is 5.76. The molecule has 9 heteroatoms. The molecule has 1 atom stereocenters. The molecule has 0 saturated heterocycles. The van der Waals surface area contributed by atoms with Crippen molar-refractivity contribution >= 4 is 17.6 Å². The molecule has 19 heavy (non-hydrogen) atoms. The van der Waals surface area contributed by atoms with E-state index in [9.17, 15) is 24.5 Å². The van der Waals surface area contributed by atoms with E-state index in [4.69, 9.17) is 0 Å². The summed E-state index contributed by atoms with van der Waals surface area (Å²) < 4.78 is 0.885. The van der Waals surface area contributed by atoms with Crippen LogP contribution in [0.1, 0.15) is 13.0 Å². The van der Waals surface area contributed by atoms with Gasteiger partial charge in [-0.05, 0) is 6.92 Å². The Morgan fingerprint density at radius 2 is 2.05 bits per heavy atom. The number of hydrogen-bond acceptors (Lipinski definition) is 5. The fraction of sp³-hybridized carbons (Fsp3) is 0.300. The highest BCUT2D eigenvalue weighted by Gasteiger charge is 2.20. The highest BCUT2D eigenvalue weighted by molar-refractivity contribution is 5.95. The van der Waals surface area contributed by atoms with E-state index in [-0.39, 0.29) is 5.69 Å². The van der Waals surface area contributed by atoms with Gasteiger partial charge < -0.3 is 5.32 Å². The number of rotatable bonds is 3. The number of pyridine rings is 1. The van der Waals surface area contributed by atoms with Crippen LogP contribution in [0, 0.1) is 10.1 Å². The standard InChI is InChI=1S/C10H12N4O5/c1-6(9(16)12-10(17)11-2)13-5-7(14(18)19)3-4-8(13)15/h3-6H,1-2H3,(H2,11,12,16,17)/t6-/m1/s1. The topological polar surface area (TPSA) is 123 Å². The van der Waals surface area contributed by atoms with Crippen LogP contribution >= 0.6 is 0 Å². The van der Waals surface area contributed by atoms with Crippen LogP contribution in [0.5, 0.6) is 0 Å². The van der Waals surface area contributed by atoms with E-state index < -0.39 is 28.5 Å². The molecule has 0 saturated carbocycles. The van der Waals surface area contributed by atoms with Gasteiger partial charge in [0.05, 0.1) is 11.1 Å². The third-order valence-electron chi connectivity index (χ3n) is 2.39. The monoisotopic (exact) mass is 268 g/mol. The fourth-order valence-electron chi connectivity index (χ4n) is 1.31. The van der Waals surface area contributed by atoms with E-state index in [1.807, 2.05) is 5.32 Å². The van der Waals surface area contributed by atoms with E-state index in [1.165, 1.54) is 14.0 Å². The number of hydrogen-bond donors (Lipinski definition) is 2. The maximum Gasteiger partial charge on any atom is 0.321 e. The average molecular weight is 268 g/mol. The van der Waals surface area contributed by atoms with Crippen molar-refractivity contribution < 1.29 is 14.5 Å². The van der Waals surface area contributed by atoms with Gasteiger partial charge in [0.15, 0.2) is 0 Å². The van der Waals surface area contributed by atoms with Crippen molar-refractivity contribution in [2.45, 2.75) is 13.0 Å². The quantitative estimate of drug-likeness (QED) is 0.579. The Bertz CT molecular complexity index is 580. The minimum absolute atomic E-state index is 0.320. The lowest BCUT2D eigenvalue weighted by Crippen LogP contribution is -2.42. The fourth-order valence-corrected chi connectivity index (χ4v) is 1.31. The van der Waals surface area contributed by atoms with Gasteiger partial charge in [-0.25, -0.2) is 4.79 Å². The molecule has 1 aromatic rings. The summed E-state index contributed by atoms with van der Waals surface area (Å²) in [5.41, 5.74) is -0.899. The number of carbonyl (C=O) groups excluding carboxylic acids is 2. The summed E-state index contributed by atoms with van der Waals surface area (Å²) in [7, 11) is 1.33. The van der Waals surface area contributed by atoms with Crippen molar-refractivity contribution in [2.75, 3.05) is 7.05 Å². The number of nitro groups is 1. The zero-order valence-electron chi connectivity index (χ0n) is 10.2. The van der Waals surface area contributed by atoms with Crippen LogP contribution in [0.25, 0.3) is 0 Å². The molecule has 0 aliphatic rings. The number of carbonyl (C=O) groups is 2. The molecule has 0 unspecified atom stereocenters. The molecule has 2 N–H and O–H groups in total. The number of imide groups is 1. The van der Waals surface area contributed by atoms with Crippen molar-refractivity contribution in [1.29, 1.82) is 0 Å². The van der Waals surface area contributed by atoms with Crippen molar-refractivity contribution in [2.24, 2.45) is 0 Å². The Kier molecular flexibility index (Phi) is 4.35. The first-order chi connectivity index (χ1) is 8.86. The van der Waals surface area contributed by atoms with Crippen LogP contribution in [-0.2, 0) is 4.79 Å². The van der Waals surface area contributed by atoms with Crippen LogP contribution in [-0.4, -0.2) is 28.5 Å². The third-order valence-corrected chi connectivity index (χ3v) is 2.39. The van der Waals surface area contributed by atoms with E-state index in [0.29, 0.717) is 0 Å². The summed E-state index contributed by atoms with van der Waals surface area (Å²) in [6, 6.07) is 0.254. The molecule has 0 fully saturated rings. The van der Waals surface area contributed by atoms with Gasteiger partial charge >= 0.3 is 6.03 Å². The molecule has 102 valence electrons. The molecule has 1 heterocycles. The van der Waals surface area contributed by atoms with Gasteiger partial charge in [-0.1, -0.05) is 0 Å². The van der Waals surface area contributed by atoms with Gasteiger partial charge in [0.1, 0.15) is 6.04 Å². The zero-order chi connectivity index (χ0) is 14.6. The van der Waals surface area contributed by atoms with Gasteiger partial charge in [-0.3, -0.25) is 29.6 Å². The molecule has 0 aliphatic heterocycles. The molecule has 1 aromatic heterocycles. The molecule has 9 nitrogen and oxygen atoms in total. The second-order valence-corrected chi connectivity index (χ2v) is 3.63. The molecule has 0 bridgehead atoms. The Morgan fingerprint density at radius 3 is 2.58 bits per heavy atom. The molecule has 0 radical (unpaired) electrons. The Morgan fingerprint density at radius 1 is 1.42 bits per heavy atom. The molecular formula is C10H12N4O5. The first-order valence-electron chi connectivity index (χ1n) is 5.26. The number of aromatic nitrogens is 1. The van der Waals surface area contributed by atoms with Gasteiger partial charge in [-0.15, -0.1) is 0 Å². The number of nitrogens with zero attached hydrogens (tertiary/aromatic N) is 2. The highest BCUT2D eigenvalue weighted by atomic mass is 16.6. The van der Waals surface area contributed by atoms with E-state index in [0.717, 1.165) is 22.9 Å². The molecule has 3 amide bonds. The lowest BCUT2D eigenvalue weighted by molar-refractivity contribution is -0.385. The van der Waals surface area contributed by atoms with Crippen molar-refractivity contribution in [3.8, 4) is 0 Å². The maximum absolute atomic E-state index is 11.6. The first-order valence-corrected chi connectivity index (χ1v) is 5.26. The maximum atomic E-state index is 11.6. The van der Waals surface area contributed by atoms with Crippen molar-refractivity contribution in [3.05, 3.63) is 38.8 Å². The molecule has 0 spiro atoms. The summed E-state index contributed by atoms with van der Waals surface area (Å²) in [6.07, 6.45) is 0.955. The predicted molar refractivity (Wildman–Crippen MR) is 64.7 cm³/mol. The average Bonchev–Trinajstić information content (AvgIpc) is 2.37. The minimum Gasteiger partial charge on any atom is -0.341 e. The normalized spacial score (nSPS) is 11.5. The lowest BCUT2D eigenvalue weighted by atomic mass is 10.3. The number of amides is 3. The second-order valence-electron chi connectivity index (χ2n) is 3.63. The van der Waals surface area contributed by atoms with Crippen LogP contribution < -0.4 is 16.2 Å². The van der Waals surface area contributed by atoms with E-state index in [1.54, 1.807) is 0 Å². The summed E-state index contributed by atoms with van der Waals surface area (Å²) in [5.74, 6) is -0.748. The largest absolute Gasteiger partial charge is 0.341 e. The van der Waals surface area contributed by atoms with Gasteiger partial charge in [0.2, 0.25) is 0 Å². The highest BCUT2D eigenvalue weighted by Crippen LogP contribution is 2.10. The van der Waals surface area contributed by atoms with Crippen LogP contribution in [0.2, 0.25) is 0 Å². The van der Waals surface area contributed by atoms with Gasteiger partial charge in [0.25, 0.3) is 17.2 Å². The Balaban J connectivity index is 3.05. The predicted octanol–water partition coefficient (Wildman–Crippen LogP) is -0.227. The smallest absolute Gasteiger partial charge is 0.321 e. The molecule has 0 aliphatic carbocycles. The van der Waals surface area contributed by atoms with Gasteiger partial charge in [-0.2, -0.15) is 0 Å². The third kappa shape index (κ3) is 3.37. The minimum atomic E-state index is -1.05. The Labute approximate surface area is 107 Å². The van der Waals surface area contributed by atoms with Crippen LogP contribution in [0.15, 0.2) is 23.1 Å². The Hall–Kier alpha value is -2.71. The summed E-state index contributed by atoms with van der Waals surface area (Å²) in [6.45, 7) is 1.35. The van der Waals surface area contributed by atoms with Gasteiger partial charge in [0, 0.05) is 19.2 Å². The van der Waals surface area contributed by atoms with Crippen LogP contribution in [0.4, 0.5) is 10.5 Å². The molecular weight excluding hydrogens is 256 g/mol. The van der Waals surface area contributed by atoms with E-state index in [2.05, 4.69) is 5.32 Å². The van der Waals surface area contributed by atoms with Crippen molar-refractivity contribution in [1.82, 2.24) is 15.2 Å². The summed E-state index contributed by atoms with van der Waals surface area (Å²) in [5, 5.41) is 14.8. The van der Waals surface area contributed by atoms with Crippen molar-refractivity contribution in [3.63, 3.8) is 0 Å². The summed E-state index contributed by atoms with van der Waals surface area (Å²) in [4.78, 5) is 44.1. The lowest BCUT2D eigenvalue weighted by Gasteiger charge is -2.13. The summed E-state index contributed by atoms with van der Waals surface area (Å²) >= 11 is 0.